The maximum atomic E-state index is 14.5. The van der Waals surface area contributed by atoms with E-state index in [9.17, 15) is 4.39 Å². The van der Waals surface area contributed by atoms with Crippen LogP contribution in [0.4, 0.5) is 16.0 Å². The van der Waals surface area contributed by atoms with Gasteiger partial charge in [0.1, 0.15) is 11.6 Å². The van der Waals surface area contributed by atoms with E-state index in [2.05, 4.69) is 42.4 Å². The zero-order valence-electron chi connectivity index (χ0n) is 17.6. The predicted octanol–water partition coefficient (Wildman–Crippen LogP) is 6.35. The predicted molar refractivity (Wildman–Crippen MR) is 123 cm³/mol. The molecule has 0 saturated heterocycles. The first-order valence-electron chi connectivity index (χ1n) is 10.2. The van der Waals surface area contributed by atoms with Crippen LogP contribution in [-0.2, 0) is 5.41 Å². The number of rotatable bonds is 3. The fourth-order valence-electron chi connectivity index (χ4n) is 3.86. The molecule has 0 bridgehead atoms. The number of fused-ring (bicyclic) bond motifs is 2. The van der Waals surface area contributed by atoms with Crippen molar-refractivity contribution >= 4 is 33.4 Å². The monoisotopic (exact) mass is 411 g/mol. The van der Waals surface area contributed by atoms with Crippen molar-refractivity contribution in [3.8, 4) is 11.4 Å². The highest BCUT2D eigenvalue weighted by molar-refractivity contribution is 5.97. The van der Waals surface area contributed by atoms with Gasteiger partial charge in [-0.25, -0.2) is 14.4 Å². The lowest BCUT2D eigenvalue weighted by atomic mass is 9.83. The second-order valence-corrected chi connectivity index (χ2v) is 8.57. The summed E-state index contributed by atoms with van der Waals surface area (Å²) in [5, 5.41) is 11.6. The summed E-state index contributed by atoms with van der Waals surface area (Å²) >= 11 is 0. The number of anilines is 2. The molecule has 154 valence electrons. The van der Waals surface area contributed by atoms with E-state index in [1.54, 1.807) is 12.1 Å². The van der Waals surface area contributed by atoms with Gasteiger partial charge in [-0.2, -0.15) is 5.10 Å². The summed E-state index contributed by atoms with van der Waals surface area (Å²) in [6.07, 6.45) is 0. The quantitative estimate of drug-likeness (QED) is 0.363. The molecule has 0 saturated carbocycles. The molecular formula is C25H22FN5. The molecule has 5 aromatic rings. The van der Waals surface area contributed by atoms with E-state index in [-0.39, 0.29) is 11.2 Å². The van der Waals surface area contributed by atoms with Crippen LogP contribution in [0.2, 0.25) is 0 Å². The van der Waals surface area contributed by atoms with Gasteiger partial charge in [-0.3, -0.25) is 5.10 Å². The number of hydrogen-bond donors (Lipinski definition) is 2. The average molecular weight is 411 g/mol. The Balaban J connectivity index is 1.71. The summed E-state index contributed by atoms with van der Waals surface area (Å²) in [4.78, 5) is 9.69. The Labute approximate surface area is 179 Å². The van der Waals surface area contributed by atoms with Gasteiger partial charge < -0.3 is 5.32 Å². The molecule has 5 nitrogen and oxygen atoms in total. The van der Waals surface area contributed by atoms with Crippen LogP contribution in [-0.4, -0.2) is 20.2 Å². The Kier molecular flexibility index (Phi) is 4.43. The van der Waals surface area contributed by atoms with E-state index in [0.717, 1.165) is 22.0 Å². The molecule has 5 rings (SSSR count). The van der Waals surface area contributed by atoms with Crippen LogP contribution in [0.1, 0.15) is 26.3 Å². The van der Waals surface area contributed by atoms with Crippen molar-refractivity contribution in [3.05, 3.63) is 78.1 Å². The van der Waals surface area contributed by atoms with Gasteiger partial charge in [0.2, 0.25) is 0 Å². The first-order chi connectivity index (χ1) is 14.9. The van der Waals surface area contributed by atoms with Gasteiger partial charge in [-0.1, -0.05) is 63.2 Å². The number of hydrogen-bond acceptors (Lipinski definition) is 4. The second kappa shape index (κ2) is 7.16. The summed E-state index contributed by atoms with van der Waals surface area (Å²) in [5.41, 5.74) is 3.49. The van der Waals surface area contributed by atoms with Crippen LogP contribution >= 0.6 is 0 Å². The lowest BCUT2D eigenvalue weighted by molar-refractivity contribution is 0.591. The first kappa shape index (κ1) is 19.2. The minimum Gasteiger partial charge on any atom is -0.322 e. The van der Waals surface area contributed by atoms with Crippen LogP contribution in [0, 0.1) is 5.82 Å². The maximum absolute atomic E-state index is 14.5. The van der Waals surface area contributed by atoms with E-state index in [4.69, 9.17) is 9.97 Å². The molecule has 0 amide bonds. The zero-order chi connectivity index (χ0) is 21.6. The fraction of sp³-hybridized carbons (Fsp3) is 0.160. The molecule has 2 heterocycles. The normalized spacial score (nSPS) is 11.9. The molecule has 0 aliphatic heterocycles. The van der Waals surface area contributed by atoms with Gasteiger partial charge in [0.25, 0.3) is 0 Å². The summed E-state index contributed by atoms with van der Waals surface area (Å²) in [6, 6.07) is 20.8. The molecule has 0 atom stereocenters. The molecule has 0 fully saturated rings. The Morgan fingerprint density at radius 2 is 1.61 bits per heavy atom. The number of aromatic amines is 1. The summed E-state index contributed by atoms with van der Waals surface area (Å²) in [5.74, 6) is 1.26. The van der Waals surface area contributed by atoms with Gasteiger partial charge in [-0.15, -0.1) is 0 Å². The Hall–Kier alpha value is -3.80. The average Bonchev–Trinajstić information content (AvgIpc) is 3.17. The molecule has 2 aromatic heterocycles. The number of H-pyrrole nitrogens is 1. The molecule has 0 radical (unpaired) electrons. The minimum atomic E-state index is -0.342. The lowest BCUT2D eigenvalue weighted by Gasteiger charge is -2.22. The van der Waals surface area contributed by atoms with Crippen LogP contribution in [0.3, 0.4) is 0 Å². The molecule has 2 N–H and O–H groups in total. The van der Waals surface area contributed by atoms with Gasteiger partial charge in [0.05, 0.1) is 16.4 Å². The molecule has 0 aliphatic carbocycles. The number of aromatic nitrogens is 4. The van der Waals surface area contributed by atoms with Crippen LogP contribution in [0.5, 0.6) is 0 Å². The van der Waals surface area contributed by atoms with Crippen LogP contribution in [0.25, 0.3) is 33.2 Å². The molecular weight excluding hydrogens is 389 g/mol. The maximum Gasteiger partial charge on any atom is 0.164 e. The van der Waals surface area contributed by atoms with E-state index in [1.807, 2.05) is 42.5 Å². The van der Waals surface area contributed by atoms with Crippen molar-refractivity contribution in [1.29, 1.82) is 0 Å². The number of para-hydroxylation sites is 1. The number of nitrogens with one attached hydrogen (secondary N) is 2. The highest BCUT2D eigenvalue weighted by atomic mass is 19.1. The van der Waals surface area contributed by atoms with Crippen LogP contribution < -0.4 is 5.32 Å². The number of benzene rings is 3. The van der Waals surface area contributed by atoms with Crippen molar-refractivity contribution in [3.63, 3.8) is 0 Å². The highest BCUT2D eigenvalue weighted by Gasteiger charge is 2.21. The number of halogens is 1. The largest absolute Gasteiger partial charge is 0.322 e. The van der Waals surface area contributed by atoms with Gasteiger partial charge in [0, 0.05) is 10.9 Å². The molecule has 0 aliphatic rings. The second-order valence-electron chi connectivity index (χ2n) is 8.57. The Bertz CT molecular complexity index is 1410. The summed E-state index contributed by atoms with van der Waals surface area (Å²) in [7, 11) is 0. The van der Waals surface area contributed by atoms with Crippen molar-refractivity contribution in [2.75, 3.05) is 5.32 Å². The molecule has 31 heavy (non-hydrogen) atoms. The smallest absolute Gasteiger partial charge is 0.164 e. The first-order valence-corrected chi connectivity index (χ1v) is 10.2. The van der Waals surface area contributed by atoms with Crippen molar-refractivity contribution in [1.82, 2.24) is 20.2 Å². The Morgan fingerprint density at radius 3 is 2.45 bits per heavy atom. The minimum absolute atomic E-state index is 0.0687. The third-order valence-corrected chi connectivity index (χ3v) is 5.35. The van der Waals surface area contributed by atoms with Gasteiger partial charge >= 0.3 is 0 Å². The van der Waals surface area contributed by atoms with Crippen molar-refractivity contribution < 1.29 is 4.39 Å². The molecule has 0 spiro atoms. The van der Waals surface area contributed by atoms with Crippen molar-refractivity contribution in [2.24, 2.45) is 0 Å². The third kappa shape index (κ3) is 3.40. The van der Waals surface area contributed by atoms with E-state index >= 15 is 0 Å². The zero-order valence-corrected chi connectivity index (χ0v) is 17.6. The van der Waals surface area contributed by atoms with Gasteiger partial charge in [-0.05, 0) is 35.2 Å². The van der Waals surface area contributed by atoms with Crippen molar-refractivity contribution in [2.45, 2.75) is 26.2 Å². The molecule has 3 aromatic carbocycles. The van der Waals surface area contributed by atoms with E-state index in [1.165, 1.54) is 6.07 Å². The standard InChI is InChI=1S/C25H22FN5/c1-25(2,3)17-11-6-4-9-15(17)22-27-19-13-7-5-10-16(19)23(28-22)29-24-21-18(26)12-8-14-20(21)30-31-24/h4-14H,1-3H3,(H2,27,28,29,30,31). The molecule has 0 unspecified atom stereocenters. The summed E-state index contributed by atoms with van der Waals surface area (Å²) in [6.45, 7) is 6.51. The third-order valence-electron chi connectivity index (χ3n) is 5.35. The number of nitrogens with zero attached hydrogens (tertiary/aromatic N) is 3. The molecule has 6 heteroatoms. The summed E-state index contributed by atoms with van der Waals surface area (Å²) < 4.78 is 14.5. The SMILES string of the molecule is CC(C)(C)c1ccccc1-c1nc(Nc2n[nH]c3cccc(F)c23)c2ccccc2n1. The van der Waals surface area contributed by atoms with Crippen LogP contribution in [0.15, 0.2) is 66.7 Å². The van der Waals surface area contributed by atoms with E-state index in [0.29, 0.717) is 28.4 Å². The van der Waals surface area contributed by atoms with E-state index < -0.39 is 0 Å². The topological polar surface area (TPSA) is 66.5 Å². The van der Waals surface area contributed by atoms with Gasteiger partial charge in [0.15, 0.2) is 11.6 Å². The Morgan fingerprint density at radius 1 is 0.839 bits per heavy atom. The lowest BCUT2D eigenvalue weighted by Crippen LogP contribution is -2.13. The fourth-order valence-corrected chi connectivity index (χ4v) is 3.86. The highest BCUT2D eigenvalue weighted by Crippen LogP contribution is 2.34.